The van der Waals surface area contributed by atoms with Crippen LogP contribution >= 0.6 is 15.6 Å². The highest BCUT2D eigenvalue weighted by molar-refractivity contribution is 7.47. The molecule has 90 heavy (non-hydrogen) atoms. The molecule has 0 heterocycles. The number of aliphatic hydroxyl groups excluding tert-OH is 1. The molecule has 0 saturated heterocycles. The lowest BCUT2D eigenvalue weighted by molar-refractivity contribution is -0.161. The molecule has 534 valence electrons. The monoisotopic (exact) mass is 1320 g/mol. The number of hydrogen-bond donors (Lipinski definition) is 3. The van der Waals surface area contributed by atoms with Gasteiger partial charge in [0, 0.05) is 25.7 Å². The van der Waals surface area contributed by atoms with E-state index in [4.69, 9.17) is 37.0 Å². The average Bonchev–Trinajstić information content (AvgIpc) is 3.34. The Kier molecular flexibility index (Phi) is 59.4. The van der Waals surface area contributed by atoms with E-state index in [1.54, 1.807) is 0 Å². The summed E-state index contributed by atoms with van der Waals surface area (Å²) in [6.07, 6.45) is 43.2. The quantitative estimate of drug-likeness (QED) is 0.0222. The fourth-order valence-electron chi connectivity index (χ4n) is 10.7. The zero-order valence-corrected chi connectivity index (χ0v) is 60.6. The minimum absolute atomic E-state index is 0.103. The van der Waals surface area contributed by atoms with E-state index in [1.165, 1.54) is 154 Å². The third-order valence-electron chi connectivity index (χ3n) is 16.3. The maximum atomic E-state index is 13.0. The summed E-state index contributed by atoms with van der Waals surface area (Å²) in [5.41, 5.74) is 0. The third-order valence-corrected chi connectivity index (χ3v) is 18.2. The number of unbranched alkanes of at least 4 members (excludes halogenated alkanes) is 34. The van der Waals surface area contributed by atoms with Crippen molar-refractivity contribution in [3.8, 4) is 0 Å². The van der Waals surface area contributed by atoms with Crippen LogP contribution in [0.4, 0.5) is 0 Å². The van der Waals surface area contributed by atoms with E-state index in [0.717, 1.165) is 108 Å². The van der Waals surface area contributed by atoms with Crippen molar-refractivity contribution in [2.45, 2.75) is 369 Å². The zero-order chi connectivity index (χ0) is 66.8. The average molecular weight is 1330 g/mol. The first-order chi connectivity index (χ1) is 43.1. The Morgan fingerprint density at radius 3 is 0.689 bits per heavy atom. The van der Waals surface area contributed by atoms with E-state index in [2.05, 4.69) is 55.4 Å². The summed E-state index contributed by atoms with van der Waals surface area (Å²) in [6, 6.07) is 0. The van der Waals surface area contributed by atoms with Gasteiger partial charge in [-0.2, -0.15) is 0 Å². The van der Waals surface area contributed by atoms with E-state index < -0.39 is 97.5 Å². The van der Waals surface area contributed by atoms with Crippen molar-refractivity contribution >= 4 is 39.5 Å². The van der Waals surface area contributed by atoms with Gasteiger partial charge in [0.05, 0.1) is 26.4 Å². The van der Waals surface area contributed by atoms with Gasteiger partial charge in [0.25, 0.3) is 0 Å². The van der Waals surface area contributed by atoms with Crippen LogP contribution in [0.1, 0.15) is 351 Å². The van der Waals surface area contributed by atoms with E-state index in [-0.39, 0.29) is 25.7 Å². The van der Waals surface area contributed by atoms with Gasteiger partial charge in [-0.1, -0.05) is 299 Å². The van der Waals surface area contributed by atoms with Gasteiger partial charge in [-0.05, 0) is 49.4 Å². The number of carbonyl (C=O) groups is 4. The Morgan fingerprint density at radius 2 is 0.467 bits per heavy atom. The molecule has 0 aliphatic heterocycles. The molecule has 19 heteroatoms. The van der Waals surface area contributed by atoms with Crippen LogP contribution in [0.2, 0.25) is 0 Å². The first kappa shape index (κ1) is 88.1. The molecule has 0 radical (unpaired) electrons. The summed E-state index contributed by atoms with van der Waals surface area (Å²) in [7, 11) is -9.90. The Morgan fingerprint density at radius 1 is 0.278 bits per heavy atom. The van der Waals surface area contributed by atoms with Crippen molar-refractivity contribution in [2.24, 2.45) is 23.7 Å². The van der Waals surface area contributed by atoms with Crippen LogP contribution < -0.4 is 0 Å². The highest BCUT2D eigenvalue weighted by Gasteiger charge is 2.30. The van der Waals surface area contributed by atoms with Crippen LogP contribution in [-0.2, 0) is 65.4 Å². The van der Waals surface area contributed by atoms with E-state index in [1.807, 2.05) is 0 Å². The lowest BCUT2D eigenvalue weighted by atomic mass is 10.0. The van der Waals surface area contributed by atoms with Crippen LogP contribution in [0.15, 0.2) is 0 Å². The molecule has 17 nitrogen and oxygen atoms in total. The summed E-state index contributed by atoms with van der Waals surface area (Å²) in [5.74, 6) is 0.839. The summed E-state index contributed by atoms with van der Waals surface area (Å²) in [5, 5.41) is 10.6. The van der Waals surface area contributed by atoms with Crippen LogP contribution in [-0.4, -0.2) is 96.7 Å². The Labute approximate surface area is 549 Å². The molecule has 0 spiro atoms. The fourth-order valence-corrected chi connectivity index (χ4v) is 12.2. The molecule has 0 aromatic rings. The predicted octanol–water partition coefficient (Wildman–Crippen LogP) is 20.1. The molecule has 0 bridgehead atoms. The molecular weight excluding hydrogens is 1190 g/mol. The number of phosphoric ester groups is 2. The van der Waals surface area contributed by atoms with E-state index in [9.17, 15) is 43.2 Å². The Bertz CT molecular complexity index is 1780. The topological polar surface area (TPSA) is 237 Å². The number of ether oxygens (including phenoxy) is 4. The largest absolute Gasteiger partial charge is 0.472 e. The molecular formula is C71H138O17P2. The SMILES string of the molecule is CC(C)CCCCCCCCCCCCCCC(=O)OC[C@H](COP(=O)(O)OCC(O)COP(=O)(O)OC[C@@H](COC(=O)CCCCCCCCCCC(C)C)OC(=O)CCCCCCCCCCCCCC(C)C)OC(=O)CCCCCCCCCC(C)C. The maximum absolute atomic E-state index is 13.0. The third kappa shape index (κ3) is 64.8. The van der Waals surface area contributed by atoms with Gasteiger partial charge in [-0.3, -0.25) is 37.3 Å². The van der Waals surface area contributed by atoms with E-state index >= 15 is 0 Å². The van der Waals surface area contributed by atoms with Crippen molar-refractivity contribution in [1.82, 2.24) is 0 Å². The normalized spacial score (nSPS) is 14.3. The van der Waals surface area contributed by atoms with Gasteiger partial charge >= 0.3 is 39.5 Å². The standard InChI is InChI=1S/C71H138O17P2/c1-61(2)47-39-31-23-16-12-9-10-14-18-27-35-43-51-68(73)81-58-67(88-71(76)54-46-38-30-22-26-34-42-50-64(7)8)60-86-90(79,80)84-56-65(72)55-83-89(77,78)85-59-66(57-82-69(74)52-44-36-28-21-20-25-33-41-49-63(5)6)87-70(75)53-45-37-29-19-15-11-13-17-24-32-40-48-62(3)4/h61-67,72H,9-60H2,1-8H3,(H,77,78)(H,79,80)/t65?,66-,67-/m1/s1. The molecule has 0 saturated carbocycles. The van der Waals surface area contributed by atoms with Crippen molar-refractivity contribution in [2.75, 3.05) is 39.6 Å². The first-order valence-corrected chi connectivity index (χ1v) is 39.7. The fraction of sp³-hybridized carbons (Fsp3) is 0.944. The molecule has 0 amide bonds. The lowest BCUT2D eigenvalue weighted by Gasteiger charge is -2.21. The molecule has 0 rings (SSSR count). The summed E-state index contributed by atoms with van der Waals surface area (Å²) < 4.78 is 68.3. The van der Waals surface area contributed by atoms with Gasteiger partial charge in [0.1, 0.15) is 19.3 Å². The number of hydrogen-bond acceptors (Lipinski definition) is 15. The second kappa shape index (κ2) is 60.7. The second-order valence-corrected chi connectivity index (χ2v) is 30.4. The van der Waals surface area contributed by atoms with Gasteiger partial charge in [0.15, 0.2) is 12.2 Å². The maximum Gasteiger partial charge on any atom is 0.472 e. The van der Waals surface area contributed by atoms with Crippen LogP contribution in [0.5, 0.6) is 0 Å². The number of esters is 4. The van der Waals surface area contributed by atoms with Gasteiger partial charge in [-0.25, -0.2) is 9.13 Å². The van der Waals surface area contributed by atoms with Crippen molar-refractivity contribution in [3.63, 3.8) is 0 Å². The zero-order valence-electron chi connectivity index (χ0n) is 58.8. The second-order valence-electron chi connectivity index (χ2n) is 27.5. The van der Waals surface area contributed by atoms with E-state index in [0.29, 0.717) is 31.6 Å². The van der Waals surface area contributed by atoms with Crippen molar-refractivity contribution < 1.29 is 80.2 Å². The van der Waals surface area contributed by atoms with Gasteiger partial charge < -0.3 is 33.8 Å². The number of rotatable bonds is 68. The molecule has 0 aromatic heterocycles. The van der Waals surface area contributed by atoms with Crippen LogP contribution in [0.25, 0.3) is 0 Å². The van der Waals surface area contributed by atoms with Crippen molar-refractivity contribution in [3.05, 3.63) is 0 Å². The number of phosphoric acid groups is 2. The smallest absolute Gasteiger partial charge is 0.462 e. The molecule has 0 fully saturated rings. The molecule has 0 aromatic carbocycles. The Balaban J connectivity index is 5.23. The number of carbonyl (C=O) groups excluding carboxylic acids is 4. The minimum Gasteiger partial charge on any atom is -0.462 e. The summed E-state index contributed by atoms with van der Waals surface area (Å²) in [4.78, 5) is 72.6. The van der Waals surface area contributed by atoms with Gasteiger partial charge in [-0.15, -0.1) is 0 Å². The molecule has 3 unspecified atom stereocenters. The molecule has 0 aliphatic carbocycles. The minimum atomic E-state index is -4.95. The van der Waals surface area contributed by atoms with Crippen LogP contribution in [0, 0.1) is 23.7 Å². The molecule has 3 N–H and O–H groups in total. The predicted molar refractivity (Wildman–Crippen MR) is 363 cm³/mol. The highest BCUT2D eigenvalue weighted by atomic mass is 31.2. The molecule has 5 atom stereocenters. The number of aliphatic hydroxyl groups is 1. The molecule has 0 aliphatic rings. The Hall–Kier alpha value is -1.94. The van der Waals surface area contributed by atoms with Gasteiger partial charge in [0.2, 0.25) is 0 Å². The van der Waals surface area contributed by atoms with Crippen molar-refractivity contribution in [1.29, 1.82) is 0 Å². The first-order valence-electron chi connectivity index (χ1n) is 36.7. The summed E-state index contributed by atoms with van der Waals surface area (Å²) >= 11 is 0. The van der Waals surface area contributed by atoms with Crippen LogP contribution in [0.3, 0.4) is 0 Å². The summed E-state index contributed by atoms with van der Waals surface area (Å²) in [6.45, 7) is 14.1. The lowest BCUT2D eigenvalue weighted by Crippen LogP contribution is -2.30. The highest BCUT2D eigenvalue weighted by Crippen LogP contribution is 2.45.